The predicted molar refractivity (Wildman–Crippen MR) is 73.1 cm³/mol. The molecular formula is C13H10F4N4O2. The average molecular weight is 330 g/mol. The molecule has 0 spiro atoms. The highest BCUT2D eigenvalue weighted by molar-refractivity contribution is 5.96. The zero-order valence-corrected chi connectivity index (χ0v) is 11.3. The lowest BCUT2D eigenvalue weighted by atomic mass is 10.2. The van der Waals surface area contributed by atoms with Crippen LogP contribution in [-0.2, 0) is 0 Å². The lowest BCUT2D eigenvalue weighted by Crippen LogP contribution is -2.18. The Labute approximate surface area is 127 Å². The van der Waals surface area contributed by atoms with Crippen LogP contribution in [0.2, 0.25) is 0 Å². The van der Waals surface area contributed by atoms with Gasteiger partial charge in [-0.3, -0.25) is 0 Å². The van der Waals surface area contributed by atoms with Crippen LogP contribution < -0.4 is 15.8 Å². The number of alkyl halides is 3. The molecule has 0 atom stereocenters. The van der Waals surface area contributed by atoms with Crippen molar-refractivity contribution in [1.29, 1.82) is 0 Å². The molecule has 0 aliphatic rings. The molecule has 0 saturated carbocycles. The first kappa shape index (κ1) is 16.3. The third-order valence-electron chi connectivity index (χ3n) is 2.60. The Balaban J connectivity index is 2.13. The largest absolute Gasteiger partial charge is 0.573 e. The first-order valence-corrected chi connectivity index (χ1v) is 6.05. The van der Waals surface area contributed by atoms with E-state index >= 15 is 0 Å². The van der Waals surface area contributed by atoms with Gasteiger partial charge in [-0.2, -0.15) is 0 Å². The molecule has 0 radical (unpaired) electrons. The van der Waals surface area contributed by atoms with Gasteiger partial charge in [0.05, 0.1) is 0 Å². The highest BCUT2D eigenvalue weighted by Gasteiger charge is 2.32. The van der Waals surface area contributed by atoms with Gasteiger partial charge in [-0.05, 0) is 24.3 Å². The molecule has 23 heavy (non-hydrogen) atoms. The van der Waals surface area contributed by atoms with E-state index in [2.05, 4.69) is 20.2 Å². The maximum absolute atomic E-state index is 13.6. The number of rotatable bonds is 4. The van der Waals surface area contributed by atoms with Gasteiger partial charge in [-0.15, -0.1) is 13.2 Å². The van der Waals surface area contributed by atoms with E-state index in [-0.39, 0.29) is 17.3 Å². The molecule has 1 aromatic carbocycles. The van der Waals surface area contributed by atoms with E-state index in [9.17, 15) is 17.6 Å². The third-order valence-corrected chi connectivity index (χ3v) is 2.60. The molecule has 0 aliphatic heterocycles. The fourth-order valence-electron chi connectivity index (χ4n) is 1.61. The summed E-state index contributed by atoms with van der Waals surface area (Å²) in [7, 11) is 0. The maximum Gasteiger partial charge on any atom is 0.573 e. The monoisotopic (exact) mass is 330 g/mol. The summed E-state index contributed by atoms with van der Waals surface area (Å²) >= 11 is 0. The summed E-state index contributed by atoms with van der Waals surface area (Å²) in [6.07, 6.45) is -3.67. The Morgan fingerprint density at radius 2 is 2.00 bits per heavy atom. The van der Waals surface area contributed by atoms with Crippen molar-refractivity contribution < 1.29 is 27.5 Å². The number of hydrogen-bond acceptors (Lipinski definition) is 5. The minimum Gasteiger partial charge on any atom is -0.409 e. The van der Waals surface area contributed by atoms with Crippen LogP contribution >= 0.6 is 0 Å². The van der Waals surface area contributed by atoms with Gasteiger partial charge in [-0.25, -0.2) is 9.37 Å². The normalized spacial score (nSPS) is 12.1. The molecule has 10 heteroatoms. The van der Waals surface area contributed by atoms with E-state index in [1.54, 1.807) is 0 Å². The van der Waals surface area contributed by atoms with Gasteiger partial charge in [0.25, 0.3) is 0 Å². The third kappa shape index (κ3) is 4.46. The van der Waals surface area contributed by atoms with E-state index in [0.717, 1.165) is 12.1 Å². The average Bonchev–Trinajstić information content (AvgIpc) is 2.49. The van der Waals surface area contributed by atoms with Crippen molar-refractivity contribution >= 4 is 17.3 Å². The number of amidine groups is 1. The second-order valence-electron chi connectivity index (χ2n) is 4.24. The summed E-state index contributed by atoms with van der Waals surface area (Å²) in [5.74, 6) is -1.97. The van der Waals surface area contributed by atoms with Crippen molar-refractivity contribution in [2.24, 2.45) is 10.9 Å². The number of nitrogens with one attached hydrogen (secondary N) is 1. The molecule has 0 aliphatic carbocycles. The number of nitrogens with two attached hydrogens (primary N) is 1. The van der Waals surface area contributed by atoms with Crippen molar-refractivity contribution in [3.63, 3.8) is 0 Å². The number of anilines is 2. The Hall–Kier alpha value is -3.04. The van der Waals surface area contributed by atoms with E-state index in [0.29, 0.717) is 5.56 Å². The summed E-state index contributed by atoms with van der Waals surface area (Å²) < 4.78 is 53.2. The molecule has 2 rings (SSSR count). The van der Waals surface area contributed by atoms with E-state index in [4.69, 9.17) is 10.9 Å². The zero-order chi connectivity index (χ0) is 17.0. The van der Waals surface area contributed by atoms with Crippen LogP contribution in [0, 0.1) is 5.82 Å². The van der Waals surface area contributed by atoms with Crippen LogP contribution in [0.4, 0.5) is 29.1 Å². The van der Waals surface area contributed by atoms with Gasteiger partial charge in [0.2, 0.25) is 0 Å². The van der Waals surface area contributed by atoms with Crippen molar-refractivity contribution in [2.75, 3.05) is 5.32 Å². The number of hydrogen-bond donors (Lipinski definition) is 3. The van der Waals surface area contributed by atoms with Crippen LogP contribution in [0.3, 0.4) is 0 Å². The number of nitrogens with zero attached hydrogens (tertiary/aromatic N) is 2. The minimum atomic E-state index is -4.97. The molecule has 0 fully saturated rings. The van der Waals surface area contributed by atoms with E-state index in [1.165, 1.54) is 24.4 Å². The molecule has 1 heterocycles. The molecule has 0 saturated heterocycles. The smallest absolute Gasteiger partial charge is 0.409 e. The SMILES string of the molecule is NC(=NO)c1ccc(Nc2ccc(OC(F)(F)F)c(F)c2)nc1. The lowest BCUT2D eigenvalue weighted by Gasteiger charge is -2.11. The first-order chi connectivity index (χ1) is 10.8. The Kier molecular flexibility index (Phi) is 4.53. The van der Waals surface area contributed by atoms with E-state index < -0.39 is 17.9 Å². The second kappa shape index (κ2) is 6.38. The van der Waals surface area contributed by atoms with Crippen LogP contribution in [0.15, 0.2) is 41.7 Å². The summed E-state index contributed by atoms with van der Waals surface area (Å²) in [6, 6.07) is 5.83. The van der Waals surface area contributed by atoms with E-state index in [1.807, 2.05) is 0 Å². The van der Waals surface area contributed by atoms with Gasteiger partial charge in [0.15, 0.2) is 17.4 Å². The van der Waals surface area contributed by atoms with Crippen molar-refractivity contribution in [3.05, 3.63) is 47.9 Å². The molecule has 0 unspecified atom stereocenters. The van der Waals surface area contributed by atoms with Gasteiger partial charge < -0.3 is 21.0 Å². The Morgan fingerprint density at radius 1 is 1.26 bits per heavy atom. The highest BCUT2D eigenvalue weighted by Crippen LogP contribution is 2.28. The van der Waals surface area contributed by atoms with Crippen LogP contribution in [-0.4, -0.2) is 22.4 Å². The number of aromatic nitrogens is 1. The van der Waals surface area contributed by atoms with Gasteiger partial charge in [-0.1, -0.05) is 5.16 Å². The van der Waals surface area contributed by atoms with Gasteiger partial charge in [0, 0.05) is 23.5 Å². The maximum atomic E-state index is 13.6. The standard InChI is InChI=1S/C13H10F4N4O2/c14-9-5-8(2-3-10(9)23-13(15,16)17)20-11-4-1-7(6-19-11)12(18)21-22/h1-6,22H,(H2,18,21)(H,19,20). The van der Waals surface area contributed by atoms with Crippen LogP contribution in [0.25, 0.3) is 0 Å². The summed E-state index contributed by atoms with van der Waals surface area (Å²) in [5.41, 5.74) is 5.90. The molecule has 1 aromatic heterocycles. The molecule has 0 bridgehead atoms. The Bertz CT molecular complexity index is 717. The molecule has 4 N–H and O–H groups in total. The number of pyridine rings is 1. The minimum absolute atomic E-state index is 0.135. The fourth-order valence-corrected chi connectivity index (χ4v) is 1.61. The molecule has 122 valence electrons. The molecule has 6 nitrogen and oxygen atoms in total. The summed E-state index contributed by atoms with van der Waals surface area (Å²) in [5, 5.41) is 14.0. The number of ether oxygens (including phenoxy) is 1. The fraction of sp³-hybridized carbons (Fsp3) is 0.0769. The summed E-state index contributed by atoms with van der Waals surface area (Å²) in [4.78, 5) is 3.94. The molecule has 2 aromatic rings. The topological polar surface area (TPSA) is 92.8 Å². The number of oxime groups is 1. The predicted octanol–water partition coefficient (Wildman–Crippen LogP) is 2.96. The molecule has 0 amide bonds. The van der Waals surface area contributed by atoms with Gasteiger partial charge in [0.1, 0.15) is 5.82 Å². The first-order valence-electron chi connectivity index (χ1n) is 6.05. The Morgan fingerprint density at radius 3 is 2.52 bits per heavy atom. The lowest BCUT2D eigenvalue weighted by molar-refractivity contribution is -0.275. The van der Waals surface area contributed by atoms with Gasteiger partial charge >= 0.3 is 6.36 Å². The zero-order valence-electron chi connectivity index (χ0n) is 11.3. The van der Waals surface area contributed by atoms with Crippen molar-refractivity contribution in [2.45, 2.75) is 6.36 Å². The van der Waals surface area contributed by atoms with Crippen LogP contribution in [0.5, 0.6) is 5.75 Å². The number of halogens is 4. The number of benzene rings is 1. The molecular weight excluding hydrogens is 320 g/mol. The second-order valence-corrected chi connectivity index (χ2v) is 4.24. The van der Waals surface area contributed by atoms with Crippen LogP contribution in [0.1, 0.15) is 5.56 Å². The van der Waals surface area contributed by atoms with Crippen molar-refractivity contribution in [3.8, 4) is 5.75 Å². The van der Waals surface area contributed by atoms with Crippen molar-refractivity contribution in [1.82, 2.24) is 4.98 Å². The highest BCUT2D eigenvalue weighted by atomic mass is 19.4. The summed E-state index contributed by atoms with van der Waals surface area (Å²) in [6.45, 7) is 0. The quantitative estimate of drug-likeness (QED) is 0.263.